The summed E-state index contributed by atoms with van der Waals surface area (Å²) in [6.45, 7) is 14.0. The number of hydrogen-bond acceptors (Lipinski definition) is 7. The van der Waals surface area contributed by atoms with Crippen LogP contribution in [-0.4, -0.2) is 52.9 Å². The molecular formula is C31H39N5O3S. The zero-order valence-corrected chi connectivity index (χ0v) is 25.4. The number of thiazole rings is 1. The highest BCUT2D eigenvalue weighted by atomic mass is 32.1. The Morgan fingerprint density at radius 1 is 1.07 bits per heavy atom. The zero-order valence-electron chi connectivity index (χ0n) is 24.6. The first-order chi connectivity index (χ1) is 19.0. The third-order valence-electron chi connectivity index (χ3n) is 6.80. The number of nitrogens with zero attached hydrogens (tertiary/aromatic N) is 5. The van der Waals surface area contributed by atoms with Gasteiger partial charge in [-0.2, -0.15) is 10.3 Å². The summed E-state index contributed by atoms with van der Waals surface area (Å²) in [5.41, 5.74) is 1.16. The molecule has 0 saturated carbocycles. The fourth-order valence-electron chi connectivity index (χ4n) is 4.42. The molecule has 2 aromatic rings. The molecule has 40 heavy (non-hydrogen) atoms. The molecule has 8 nitrogen and oxygen atoms in total. The van der Waals surface area contributed by atoms with E-state index in [-0.39, 0.29) is 22.1 Å². The van der Waals surface area contributed by atoms with Crippen LogP contribution in [0.3, 0.4) is 0 Å². The van der Waals surface area contributed by atoms with E-state index in [9.17, 15) is 19.6 Å². The fourth-order valence-corrected chi connectivity index (χ4v) is 5.69. The molecule has 0 atom stereocenters. The van der Waals surface area contributed by atoms with Crippen molar-refractivity contribution < 1.29 is 14.4 Å². The van der Waals surface area contributed by atoms with Gasteiger partial charge in [0, 0.05) is 36.7 Å². The number of amides is 3. The number of unbranched alkanes of at least 4 members (excludes halogenated alkanes) is 2. The van der Waals surface area contributed by atoms with E-state index in [1.807, 2.05) is 6.07 Å². The Labute approximate surface area is 241 Å². The largest absolute Gasteiger partial charge is 0.348 e. The molecule has 3 amide bonds. The van der Waals surface area contributed by atoms with Gasteiger partial charge >= 0.3 is 0 Å². The van der Waals surface area contributed by atoms with E-state index in [1.165, 1.54) is 18.4 Å². The van der Waals surface area contributed by atoms with E-state index >= 15 is 0 Å². The predicted octanol–water partition coefficient (Wildman–Crippen LogP) is 6.13. The van der Waals surface area contributed by atoms with Gasteiger partial charge in [-0.25, -0.2) is 9.99 Å². The van der Waals surface area contributed by atoms with Crippen LogP contribution in [0.15, 0.2) is 47.1 Å². The Bertz CT molecular complexity index is 1350. The molecule has 0 N–H and O–H groups in total. The second-order valence-corrected chi connectivity index (χ2v) is 11.9. The number of benzene rings is 1. The summed E-state index contributed by atoms with van der Waals surface area (Å²) in [7, 11) is 1.36. The molecule has 0 fully saturated rings. The molecule has 0 unspecified atom stereocenters. The van der Waals surface area contributed by atoms with Crippen LogP contribution in [0.1, 0.15) is 88.2 Å². The molecule has 0 saturated heterocycles. The van der Waals surface area contributed by atoms with Crippen molar-refractivity contribution in [3.05, 3.63) is 63.2 Å². The van der Waals surface area contributed by atoms with Crippen LogP contribution in [0.2, 0.25) is 0 Å². The minimum Gasteiger partial charge on any atom is -0.348 e. The summed E-state index contributed by atoms with van der Waals surface area (Å²) in [4.78, 5) is 48.4. The highest BCUT2D eigenvalue weighted by Crippen LogP contribution is 2.38. The van der Waals surface area contributed by atoms with Crippen molar-refractivity contribution in [3.8, 4) is 6.07 Å². The van der Waals surface area contributed by atoms with E-state index in [0.29, 0.717) is 5.56 Å². The van der Waals surface area contributed by atoms with Crippen molar-refractivity contribution in [3.63, 3.8) is 0 Å². The third kappa shape index (κ3) is 6.50. The first-order valence-corrected chi connectivity index (χ1v) is 14.6. The molecule has 0 aliphatic carbocycles. The van der Waals surface area contributed by atoms with Crippen molar-refractivity contribution in [2.75, 3.05) is 25.0 Å². The van der Waals surface area contributed by atoms with Crippen molar-refractivity contribution in [2.45, 2.75) is 72.6 Å². The van der Waals surface area contributed by atoms with E-state index in [0.717, 1.165) is 64.5 Å². The average molecular weight is 562 g/mol. The Morgan fingerprint density at radius 3 is 2.20 bits per heavy atom. The first-order valence-electron chi connectivity index (χ1n) is 13.8. The maximum atomic E-state index is 13.8. The Hall–Kier alpha value is -3.77. The summed E-state index contributed by atoms with van der Waals surface area (Å²) < 4.78 is 0. The summed E-state index contributed by atoms with van der Waals surface area (Å²) in [5, 5.41) is 12.5. The normalized spacial score (nSPS) is 15.1. The monoisotopic (exact) mass is 561 g/mol. The highest BCUT2D eigenvalue weighted by Gasteiger charge is 2.40. The van der Waals surface area contributed by atoms with E-state index in [2.05, 4.69) is 39.5 Å². The SMILES string of the molecule is CCCCN(CCCC)c1nc(C(C)(C)C)c(/C=C2\C(=O)N(N(C)C(=O)c3ccccc3)C(=O)C(C#N)=C2C)s1. The van der Waals surface area contributed by atoms with Gasteiger partial charge in [0.25, 0.3) is 17.7 Å². The van der Waals surface area contributed by atoms with Gasteiger partial charge in [0.2, 0.25) is 0 Å². The summed E-state index contributed by atoms with van der Waals surface area (Å²) >= 11 is 1.51. The van der Waals surface area contributed by atoms with E-state index in [4.69, 9.17) is 4.98 Å². The van der Waals surface area contributed by atoms with E-state index in [1.54, 1.807) is 43.3 Å². The summed E-state index contributed by atoms with van der Waals surface area (Å²) in [6.07, 6.45) is 5.98. The molecule has 1 aromatic heterocycles. The van der Waals surface area contributed by atoms with Crippen molar-refractivity contribution in [2.24, 2.45) is 0 Å². The Morgan fingerprint density at radius 2 is 1.68 bits per heavy atom. The molecule has 0 bridgehead atoms. The number of rotatable bonds is 10. The fraction of sp³-hybridized carbons (Fsp3) is 0.452. The highest BCUT2D eigenvalue weighted by molar-refractivity contribution is 7.16. The minimum absolute atomic E-state index is 0.173. The van der Waals surface area contributed by atoms with Gasteiger partial charge in [-0.3, -0.25) is 14.4 Å². The lowest BCUT2D eigenvalue weighted by atomic mass is 9.89. The van der Waals surface area contributed by atoms with Gasteiger partial charge in [-0.05, 0) is 43.5 Å². The van der Waals surface area contributed by atoms with Gasteiger partial charge in [-0.1, -0.05) is 77.0 Å². The molecule has 212 valence electrons. The maximum absolute atomic E-state index is 13.8. The van der Waals surface area contributed by atoms with Crippen LogP contribution in [0.5, 0.6) is 0 Å². The number of nitriles is 1. The quantitative estimate of drug-likeness (QED) is 0.256. The van der Waals surface area contributed by atoms with E-state index < -0.39 is 17.7 Å². The number of anilines is 1. The Balaban J connectivity index is 2.13. The van der Waals surface area contributed by atoms with Crippen LogP contribution in [0, 0.1) is 11.3 Å². The van der Waals surface area contributed by atoms with Crippen molar-refractivity contribution in [1.82, 2.24) is 15.0 Å². The molecule has 3 rings (SSSR count). The second kappa shape index (κ2) is 13.1. The van der Waals surface area contributed by atoms with Crippen LogP contribution in [0.4, 0.5) is 5.13 Å². The zero-order chi connectivity index (χ0) is 29.6. The third-order valence-corrected chi connectivity index (χ3v) is 7.86. The molecule has 0 spiro atoms. The molecule has 0 radical (unpaired) electrons. The minimum atomic E-state index is -0.819. The topological polar surface area (TPSA) is 97.6 Å². The van der Waals surface area contributed by atoms with Gasteiger partial charge in [0.15, 0.2) is 5.13 Å². The van der Waals surface area contributed by atoms with Gasteiger partial charge in [0.05, 0.1) is 10.6 Å². The predicted molar refractivity (Wildman–Crippen MR) is 160 cm³/mol. The number of hydrogen-bond donors (Lipinski definition) is 0. The summed E-state index contributed by atoms with van der Waals surface area (Å²) in [5.74, 6) is -2.01. The van der Waals surface area contributed by atoms with Crippen LogP contribution in [0.25, 0.3) is 6.08 Å². The standard InChI is InChI=1S/C31H39N5O3S/c1-8-10-17-35(18-11-9-2)30-33-26(31(4,5)6)25(40-30)19-23-21(3)24(20-32)29(39)36(28(23)38)34(7)27(37)22-15-13-12-14-16-22/h12-16,19H,8-11,17-18H2,1-7H3/b23-19-. The van der Waals surface area contributed by atoms with Crippen LogP contribution in [-0.2, 0) is 15.0 Å². The smallest absolute Gasteiger partial charge is 0.290 e. The molecular weight excluding hydrogens is 522 g/mol. The average Bonchev–Trinajstić information content (AvgIpc) is 3.36. The van der Waals surface area contributed by atoms with Crippen molar-refractivity contribution in [1.29, 1.82) is 5.26 Å². The van der Waals surface area contributed by atoms with Crippen LogP contribution < -0.4 is 4.90 Å². The first kappa shape index (κ1) is 30.8. The molecule has 1 aliphatic rings. The molecule has 1 aromatic carbocycles. The number of aromatic nitrogens is 1. The number of carbonyl (C=O) groups is 3. The maximum Gasteiger partial charge on any atom is 0.290 e. The number of hydrazine groups is 1. The number of carbonyl (C=O) groups excluding carboxylic acids is 3. The molecule has 9 heteroatoms. The lowest BCUT2D eigenvalue weighted by Gasteiger charge is -2.33. The van der Waals surface area contributed by atoms with Crippen molar-refractivity contribution >= 4 is 40.3 Å². The summed E-state index contributed by atoms with van der Waals surface area (Å²) in [6, 6.07) is 10.4. The van der Waals surface area contributed by atoms with Gasteiger partial charge < -0.3 is 4.90 Å². The molecule has 2 heterocycles. The van der Waals surface area contributed by atoms with Gasteiger partial charge in [-0.15, -0.1) is 0 Å². The lowest BCUT2D eigenvalue weighted by Crippen LogP contribution is -2.53. The number of imide groups is 1. The molecule has 1 aliphatic heterocycles. The van der Waals surface area contributed by atoms with Crippen LogP contribution >= 0.6 is 11.3 Å². The second-order valence-electron chi connectivity index (χ2n) is 10.9. The van der Waals surface area contributed by atoms with Gasteiger partial charge in [0.1, 0.15) is 11.6 Å². The lowest BCUT2D eigenvalue weighted by molar-refractivity contribution is -0.153. The Kier molecular flexibility index (Phi) is 10.0.